The normalized spacial score (nSPS) is 32.7. The van der Waals surface area contributed by atoms with Crippen LogP contribution in [0.5, 0.6) is 17.2 Å². The Balaban J connectivity index is 1.20. The summed E-state index contributed by atoms with van der Waals surface area (Å²) < 4.78 is 22.8. The van der Waals surface area contributed by atoms with E-state index in [-0.39, 0.29) is 40.1 Å². The van der Waals surface area contributed by atoms with Gasteiger partial charge in [0.2, 0.25) is 5.78 Å². The lowest BCUT2D eigenvalue weighted by molar-refractivity contribution is -0.245. The first kappa shape index (κ1) is 39.4. The molecule has 0 unspecified atom stereocenters. The number of phenolic OH excluding ortho intramolecular Hbond substituents is 2. The van der Waals surface area contributed by atoms with Gasteiger partial charge < -0.3 is 70.4 Å². The standard InChI is InChI=1S/C37H40N2O17/c1-11-26(42)15(38-24-25(33(49)32(24)48)39-36-35(51)34(50)29(45)18(10-40)56-36)7-19(54-11)55-17-9-37(52,12(2)41)8-14-21(17)31(47)23-22(28(14)44)27(43)13-5-4-6-16(53-3)20(13)30(23)46/h4-6,11,15,17-19,26,29,34-36,38-40,42,44-45,47,50-52H,7-10H2,1-3H3/t11-,15-,17-,18+,19-,26+,29+,34-,35+,36-,37-/m0/s1. The van der Waals surface area contributed by atoms with Gasteiger partial charge in [0.15, 0.2) is 24.1 Å². The topological polar surface area (TPSA) is 308 Å². The first-order valence-electron chi connectivity index (χ1n) is 17.7. The molecule has 4 aliphatic rings. The fraction of sp³-hybridized carbons (Fsp3) is 0.486. The number of hydrogen-bond donors (Lipinski definition) is 10. The predicted octanol–water partition coefficient (Wildman–Crippen LogP) is -2.01. The summed E-state index contributed by atoms with van der Waals surface area (Å²) in [6, 6.07) is 3.16. The summed E-state index contributed by atoms with van der Waals surface area (Å²) in [5.41, 5.74) is -6.74. The van der Waals surface area contributed by atoms with Gasteiger partial charge >= 0.3 is 0 Å². The highest BCUT2D eigenvalue weighted by molar-refractivity contribution is 6.31. The highest BCUT2D eigenvalue weighted by Crippen LogP contribution is 2.52. The molecule has 19 nitrogen and oxygen atoms in total. The zero-order valence-electron chi connectivity index (χ0n) is 30.1. The lowest BCUT2D eigenvalue weighted by atomic mass is 9.72. The summed E-state index contributed by atoms with van der Waals surface area (Å²) in [7, 11) is 1.29. The molecule has 7 rings (SSSR count). The number of ketones is 3. The first-order chi connectivity index (χ1) is 26.4. The van der Waals surface area contributed by atoms with Gasteiger partial charge in [0, 0.05) is 36.0 Å². The average Bonchev–Trinajstić information content (AvgIpc) is 3.17. The van der Waals surface area contributed by atoms with Gasteiger partial charge in [-0.05, 0) is 19.9 Å². The number of hydrogen-bond acceptors (Lipinski definition) is 19. The molecule has 3 aromatic carbocycles. The quantitative estimate of drug-likeness (QED) is 0.0648. The third-order valence-corrected chi connectivity index (χ3v) is 11.2. The maximum atomic E-state index is 13.9. The second kappa shape index (κ2) is 14.3. The van der Waals surface area contributed by atoms with Crippen LogP contribution in [0.3, 0.4) is 0 Å². The highest BCUT2D eigenvalue weighted by Gasteiger charge is 2.50. The van der Waals surface area contributed by atoms with E-state index in [1.165, 1.54) is 32.2 Å². The molecule has 2 aliphatic heterocycles. The zero-order chi connectivity index (χ0) is 40.7. The van der Waals surface area contributed by atoms with Crippen molar-refractivity contribution >= 4 is 28.7 Å². The summed E-state index contributed by atoms with van der Waals surface area (Å²) in [4.78, 5) is 65.9. The minimum absolute atomic E-state index is 0.0388. The van der Waals surface area contributed by atoms with Gasteiger partial charge in [-0.3, -0.25) is 24.0 Å². The molecule has 0 spiro atoms. The van der Waals surface area contributed by atoms with Gasteiger partial charge in [0.25, 0.3) is 10.9 Å². The van der Waals surface area contributed by atoms with Crippen LogP contribution in [0.2, 0.25) is 0 Å². The van der Waals surface area contributed by atoms with Crippen molar-refractivity contribution in [1.82, 2.24) is 0 Å². The van der Waals surface area contributed by atoms with E-state index in [9.17, 15) is 64.8 Å². The molecule has 2 fully saturated rings. The number of fused-ring (bicyclic) bond motifs is 3. The van der Waals surface area contributed by atoms with Crippen molar-refractivity contribution in [2.24, 2.45) is 0 Å². The van der Waals surface area contributed by atoms with E-state index >= 15 is 0 Å². The van der Waals surface area contributed by atoms with Gasteiger partial charge in [-0.15, -0.1) is 0 Å². The second-order valence-electron chi connectivity index (χ2n) is 14.5. The Kier molecular flexibility index (Phi) is 10.0. The molecule has 0 radical (unpaired) electrons. The van der Waals surface area contributed by atoms with Crippen molar-refractivity contribution in [3.8, 4) is 17.2 Å². The Morgan fingerprint density at radius 3 is 2.20 bits per heavy atom. The van der Waals surface area contributed by atoms with Gasteiger partial charge in [0.1, 0.15) is 64.7 Å². The van der Waals surface area contributed by atoms with Gasteiger partial charge in [-0.1, -0.05) is 12.1 Å². The van der Waals surface area contributed by atoms with E-state index in [0.29, 0.717) is 0 Å². The third-order valence-electron chi connectivity index (χ3n) is 11.2. The van der Waals surface area contributed by atoms with Crippen LogP contribution in [-0.4, -0.2) is 133 Å². The van der Waals surface area contributed by atoms with Crippen LogP contribution in [0.4, 0.5) is 11.4 Å². The first-order valence-corrected chi connectivity index (χ1v) is 17.7. The fourth-order valence-electron chi connectivity index (χ4n) is 7.98. The molecule has 19 heteroatoms. The molecule has 0 aromatic heterocycles. The van der Waals surface area contributed by atoms with Crippen molar-refractivity contribution in [3.05, 3.63) is 72.0 Å². The number of methoxy groups -OCH3 is 1. The van der Waals surface area contributed by atoms with Crippen molar-refractivity contribution in [2.45, 2.75) is 100.0 Å². The number of aliphatic hydroxyl groups is 6. The number of benzene rings is 2. The molecule has 2 aliphatic carbocycles. The summed E-state index contributed by atoms with van der Waals surface area (Å²) in [5, 5.41) is 91.5. The van der Waals surface area contributed by atoms with E-state index < -0.39 is 143 Å². The number of phenols is 2. The molecule has 3 aromatic rings. The number of nitrogens with one attached hydrogen (secondary N) is 2. The Bertz CT molecular complexity index is 2200. The largest absolute Gasteiger partial charge is 0.507 e. The smallest absolute Gasteiger partial charge is 0.253 e. The van der Waals surface area contributed by atoms with E-state index in [4.69, 9.17) is 18.9 Å². The molecule has 2 saturated heterocycles. The molecule has 11 atom stereocenters. The monoisotopic (exact) mass is 784 g/mol. The summed E-state index contributed by atoms with van der Waals surface area (Å²) >= 11 is 0. The molecule has 0 bridgehead atoms. The van der Waals surface area contributed by atoms with Crippen LogP contribution in [-0.2, 0) is 25.4 Å². The molecule has 56 heavy (non-hydrogen) atoms. The van der Waals surface area contributed by atoms with Crippen molar-refractivity contribution in [2.75, 3.05) is 24.4 Å². The number of aromatic hydroxyl groups is 2. The predicted molar refractivity (Wildman–Crippen MR) is 189 cm³/mol. The number of aliphatic hydroxyl groups excluding tert-OH is 5. The Morgan fingerprint density at radius 1 is 0.893 bits per heavy atom. The number of ether oxygens (including phenoxy) is 4. The van der Waals surface area contributed by atoms with E-state index in [1.807, 2.05) is 0 Å². The van der Waals surface area contributed by atoms with Gasteiger partial charge in [0.05, 0.1) is 48.7 Å². The zero-order valence-corrected chi connectivity index (χ0v) is 30.1. The lowest BCUT2D eigenvalue weighted by Crippen LogP contribution is -2.61. The Hall–Kier alpha value is -4.83. The Labute approximate surface area is 316 Å². The van der Waals surface area contributed by atoms with Crippen LogP contribution < -0.4 is 26.2 Å². The van der Waals surface area contributed by atoms with Gasteiger partial charge in [-0.2, -0.15) is 0 Å². The van der Waals surface area contributed by atoms with Gasteiger partial charge in [-0.25, -0.2) is 0 Å². The van der Waals surface area contributed by atoms with E-state index in [1.54, 1.807) is 0 Å². The number of rotatable bonds is 9. The van der Waals surface area contributed by atoms with Crippen LogP contribution in [0.25, 0.3) is 0 Å². The van der Waals surface area contributed by atoms with Crippen LogP contribution in [0.1, 0.15) is 75.8 Å². The molecule has 10 N–H and O–H groups in total. The summed E-state index contributed by atoms with van der Waals surface area (Å²) in [6.07, 6.45) is -14.7. The number of carbonyl (C=O) groups is 3. The number of anilines is 2. The third kappa shape index (κ3) is 6.06. The maximum Gasteiger partial charge on any atom is 0.253 e. The molecular formula is C37H40N2O17. The molecular weight excluding hydrogens is 744 g/mol. The Morgan fingerprint density at radius 2 is 1.55 bits per heavy atom. The number of carbonyl (C=O) groups excluding carboxylic acids is 3. The van der Waals surface area contributed by atoms with Crippen LogP contribution >= 0.6 is 0 Å². The average molecular weight is 785 g/mol. The second-order valence-corrected chi connectivity index (χ2v) is 14.5. The van der Waals surface area contributed by atoms with E-state index in [0.717, 1.165) is 6.92 Å². The molecule has 300 valence electrons. The molecule has 0 amide bonds. The van der Waals surface area contributed by atoms with Crippen molar-refractivity contribution in [3.63, 3.8) is 0 Å². The summed E-state index contributed by atoms with van der Waals surface area (Å²) in [5.74, 6) is -3.85. The maximum absolute atomic E-state index is 13.9. The number of Topliss-reactive ketones (excluding diaryl/α,β-unsaturated/α-hetero) is 1. The minimum Gasteiger partial charge on any atom is -0.507 e. The molecule has 2 heterocycles. The summed E-state index contributed by atoms with van der Waals surface area (Å²) in [6.45, 7) is 1.81. The highest BCUT2D eigenvalue weighted by atomic mass is 16.7. The van der Waals surface area contributed by atoms with E-state index in [2.05, 4.69) is 10.6 Å². The van der Waals surface area contributed by atoms with Crippen LogP contribution in [0, 0.1) is 0 Å². The van der Waals surface area contributed by atoms with Crippen molar-refractivity contribution < 1.29 is 74.2 Å². The van der Waals surface area contributed by atoms with Crippen molar-refractivity contribution in [1.29, 1.82) is 0 Å². The minimum atomic E-state index is -2.19. The van der Waals surface area contributed by atoms with Crippen LogP contribution in [0.15, 0.2) is 27.8 Å². The molecule has 0 saturated carbocycles. The fourth-order valence-corrected chi connectivity index (χ4v) is 7.98. The SMILES string of the molecule is COc1cccc2c1C(=O)c1c(O)c3c(c(O)c1C2=O)C[C@@](O)(C(C)=O)C[C@@H]3O[C@H]1C[C@H](Nc2c(N[C@H]3O[C@H](CO)[C@@H](O)[C@H](O)[C@H]3O)c(=O)c2=O)[C@H](O)[C@H](C)O1. The lowest BCUT2D eigenvalue weighted by Gasteiger charge is -2.43.